The molecule has 0 aliphatic heterocycles. The highest BCUT2D eigenvalue weighted by atomic mass is 16.1. The monoisotopic (exact) mass is 323 g/mol. The maximum atomic E-state index is 12.4. The second kappa shape index (κ2) is 7.65. The van der Waals surface area contributed by atoms with Gasteiger partial charge in [0.1, 0.15) is 0 Å². The number of carbonyl (C=O) groups excluding carboxylic acids is 1. The number of hydrogen-bond donors (Lipinski definition) is 1. The number of carbonyl (C=O) groups is 1. The van der Waals surface area contributed by atoms with Crippen LogP contribution in [0.4, 0.5) is 0 Å². The topological polar surface area (TPSA) is 29.1 Å². The van der Waals surface area contributed by atoms with E-state index in [1.165, 1.54) is 16.7 Å². The number of amides is 1. The third-order valence-electron chi connectivity index (χ3n) is 4.33. The van der Waals surface area contributed by atoms with E-state index in [9.17, 15) is 4.79 Å². The van der Waals surface area contributed by atoms with Crippen LogP contribution < -0.4 is 5.32 Å². The average Bonchev–Trinajstić information content (AvgIpc) is 2.70. The van der Waals surface area contributed by atoms with E-state index in [2.05, 4.69) is 76.4 Å². The number of rotatable bonds is 4. The number of nitrogens with one attached hydrogen (secondary N) is 1. The Morgan fingerprint density at radius 2 is 1.96 bits per heavy atom. The van der Waals surface area contributed by atoms with Crippen molar-refractivity contribution in [3.05, 3.63) is 70.8 Å². The fourth-order valence-electron chi connectivity index (χ4n) is 2.99. The maximum Gasteiger partial charge on any atom is 0.251 e. The van der Waals surface area contributed by atoms with Gasteiger partial charge in [0.15, 0.2) is 0 Å². The molecule has 1 aromatic carbocycles. The summed E-state index contributed by atoms with van der Waals surface area (Å²) in [7, 11) is 0. The van der Waals surface area contributed by atoms with Crippen LogP contribution in [0, 0.1) is 12.8 Å². The molecule has 2 nitrogen and oxygen atoms in total. The Morgan fingerprint density at radius 1 is 1.21 bits per heavy atom. The summed E-state index contributed by atoms with van der Waals surface area (Å²) in [5, 5.41) is 3.03. The predicted molar refractivity (Wildman–Crippen MR) is 102 cm³/mol. The molecule has 2 heteroatoms. The standard InChI is InChI=1S/C22H29NO/c1-16-7-6-8-18(10-9-16)13-14-23-21(24)19-11-12-20(17(2)15-19)22(3,4)5/h6-12,15-16H,13-14H2,1-5H3,(H,23,24). The molecule has 0 bridgehead atoms. The summed E-state index contributed by atoms with van der Waals surface area (Å²) >= 11 is 0. The maximum absolute atomic E-state index is 12.4. The zero-order valence-electron chi connectivity index (χ0n) is 15.5. The Kier molecular flexibility index (Phi) is 5.82. The van der Waals surface area contributed by atoms with Crippen molar-refractivity contribution in [1.82, 2.24) is 5.32 Å². The molecule has 1 atom stereocenters. The van der Waals surface area contributed by atoms with Crippen LogP contribution in [-0.2, 0) is 5.41 Å². The van der Waals surface area contributed by atoms with Gasteiger partial charge in [-0.3, -0.25) is 4.79 Å². The lowest BCUT2D eigenvalue weighted by Gasteiger charge is -2.22. The average molecular weight is 323 g/mol. The third kappa shape index (κ3) is 4.95. The van der Waals surface area contributed by atoms with Crippen molar-refractivity contribution in [2.24, 2.45) is 5.92 Å². The number of hydrogen-bond acceptors (Lipinski definition) is 1. The molecule has 128 valence electrons. The molecule has 0 saturated carbocycles. The van der Waals surface area contributed by atoms with Crippen LogP contribution >= 0.6 is 0 Å². The van der Waals surface area contributed by atoms with E-state index in [0.29, 0.717) is 12.5 Å². The second-order valence-electron chi connectivity index (χ2n) is 7.63. The van der Waals surface area contributed by atoms with E-state index in [1.54, 1.807) is 0 Å². The molecule has 1 aromatic rings. The molecule has 24 heavy (non-hydrogen) atoms. The van der Waals surface area contributed by atoms with E-state index in [1.807, 2.05) is 12.1 Å². The van der Waals surface area contributed by atoms with Crippen LogP contribution in [0.25, 0.3) is 0 Å². The Morgan fingerprint density at radius 3 is 2.62 bits per heavy atom. The van der Waals surface area contributed by atoms with E-state index < -0.39 is 0 Å². The van der Waals surface area contributed by atoms with Crippen LogP contribution in [0.2, 0.25) is 0 Å². The molecule has 1 N–H and O–H groups in total. The summed E-state index contributed by atoms with van der Waals surface area (Å²) in [6.45, 7) is 11.5. The zero-order chi connectivity index (χ0) is 17.7. The molecule has 0 aromatic heterocycles. The van der Waals surface area contributed by atoms with Crippen LogP contribution in [-0.4, -0.2) is 12.5 Å². The van der Waals surface area contributed by atoms with E-state index in [-0.39, 0.29) is 11.3 Å². The minimum atomic E-state index is 0.000621. The summed E-state index contributed by atoms with van der Waals surface area (Å²) in [5.41, 5.74) is 4.54. The van der Waals surface area contributed by atoms with E-state index >= 15 is 0 Å². The van der Waals surface area contributed by atoms with Crippen molar-refractivity contribution in [1.29, 1.82) is 0 Å². The molecule has 1 amide bonds. The highest BCUT2D eigenvalue weighted by Crippen LogP contribution is 2.26. The lowest BCUT2D eigenvalue weighted by molar-refractivity contribution is 0.0954. The molecule has 0 spiro atoms. The van der Waals surface area contributed by atoms with Crippen molar-refractivity contribution in [2.45, 2.75) is 46.5 Å². The molecule has 0 heterocycles. The summed E-state index contributed by atoms with van der Waals surface area (Å²) in [4.78, 5) is 12.4. The van der Waals surface area contributed by atoms with Gasteiger partial charge in [-0.15, -0.1) is 0 Å². The van der Waals surface area contributed by atoms with Crippen molar-refractivity contribution < 1.29 is 4.79 Å². The molecule has 0 saturated heterocycles. The summed E-state index contributed by atoms with van der Waals surface area (Å²) in [6, 6.07) is 6.00. The van der Waals surface area contributed by atoms with Gasteiger partial charge in [-0.05, 0) is 53.5 Å². The van der Waals surface area contributed by atoms with Gasteiger partial charge >= 0.3 is 0 Å². The first kappa shape index (κ1) is 18.3. The predicted octanol–water partition coefficient (Wildman–Crippen LogP) is 5.10. The number of aryl methyl sites for hydroxylation is 1. The van der Waals surface area contributed by atoms with Gasteiger partial charge in [-0.25, -0.2) is 0 Å². The molecule has 1 aliphatic rings. The number of allylic oxidation sites excluding steroid dienone is 5. The Balaban J connectivity index is 1.94. The van der Waals surface area contributed by atoms with Crippen LogP contribution in [0.5, 0.6) is 0 Å². The SMILES string of the molecule is Cc1cc(C(=O)NCCC2=CC=CC(C)C=C2)ccc1C(C)(C)C. The highest BCUT2D eigenvalue weighted by molar-refractivity contribution is 5.94. The van der Waals surface area contributed by atoms with Crippen LogP contribution in [0.3, 0.4) is 0 Å². The Bertz CT molecular complexity index is 686. The molecule has 1 unspecified atom stereocenters. The largest absolute Gasteiger partial charge is 0.352 e. The summed E-state index contributed by atoms with van der Waals surface area (Å²) < 4.78 is 0. The van der Waals surface area contributed by atoms with Crippen LogP contribution in [0.15, 0.2) is 54.2 Å². The second-order valence-corrected chi connectivity index (χ2v) is 7.63. The fourth-order valence-corrected chi connectivity index (χ4v) is 2.99. The van der Waals surface area contributed by atoms with Gasteiger partial charge in [0.05, 0.1) is 0 Å². The van der Waals surface area contributed by atoms with Gasteiger partial charge < -0.3 is 5.32 Å². The highest BCUT2D eigenvalue weighted by Gasteiger charge is 2.17. The summed E-state index contributed by atoms with van der Waals surface area (Å²) in [5.74, 6) is 0.471. The third-order valence-corrected chi connectivity index (χ3v) is 4.33. The Labute approximate surface area is 146 Å². The van der Waals surface area contributed by atoms with Crippen molar-refractivity contribution in [2.75, 3.05) is 6.54 Å². The normalized spacial score (nSPS) is 17.4. The van der Waals surface area contributed by atoms with E-state index in [0.717, 1.165) is 12.0 Å². The molecule has 0 fully saturated rings. The van der Waals surface area contributed by atoms with Gasteiger partial charge in [0.2, 0.25) is 0 Å². The molecular weight excluding hydrogens is 294 g/mol. The first-order valence-corrected chi connectivity index (χ1v) is 8.72. The lowest BCUT2D eigenvalue weighted by atomic mass is 9.83. The van der Waals surface area contributed by atoms with Gasteiger partial charge in [-0.2, -0.15) is 0 Å². The first-order chi connectivity index (χ1) is 11.3. The quantitative estimate of drug-likeness (QED) is 0.820. The van der Waals surface area contributed by atoms with Crippen molar-refractivity contribution in [3.8, 4) is 0 Å². The minimum Gasteiger partial charge on any atom is -0.352 e. The zero-order valence-corrected chi connectivity index (χ0v) is 15.5. The smallest absolute Gasteiger partial charge is 0.251 e. The molecule has 1 aliphatic carbocycles. The van der Waals surface area contributed by atoms with Gasteiger partial charge in [-0.1, -0.05) is 64.1 Å². The van der Waals surface area contributed by atoms with Crippen LogP contribution in [0.1, 0.15) is 55.6 Å². The van der Waals surface area contributed by atoms with Crippen molar-refractivity contribution >= 4 is 5.91 Å². The minimum absolute atomic E-state index is 0.000621. The van der Waals surface area contributed by atoms with Gasteiger partial charge in [0, 0.05) is 12.1 Å². The van der Waals surface area contributed by atoms with Crippen molar-refractivity contribution in [3.63, 3.8) is 0 Å². The summed E-state index contributed by atoms with van der Waals surface area (Å²) in [6.07, 6.45) is 11.6. The van der Waals surface area contributed by atoms with E-state index in [4.69, 9.17) is 0 Å². The molecular formula is C22H29NO. The molecule has 0 radical (unpaired) electrons. The van der Waals surface area contributed by atoms with Gasteiger partial charge in [0.25, 0.3) is 5.91 Å². The lowest BCUT2D eigenvalue weighted by Crippen LogP contribution is -2.25. The first-order valence-electron chi connectivity index (χ1n) is 8.72. The fraction of sp³-hybridized carbons (Fsp3) is 0.409. The molecule has 2 rings (SSSR count). The number of benzene rings is 1. The Hall–Kier alpha value is -2.09.